The maximum Gasteiger partial charge on any atom is 0.104 e. The van der Waals surface area contributed by atoms with Crippen LogP contribution in [0.5, 0.6) is 0 Å². The van der Waals surface area contributed by atoms with Gasteiger partial charge in [0.25, 0.3) is 0 Å². The predicted molar refractivity (Wildman–Crippen MR) is 45.0 cm³/mol. The monoisotopic (exact) mass is 168 g/mol. The minimum atomic E-state index is 0.302. The van der Waals surface area contributed by atoms with Crippen molar-refractivity contribution in [2.45, 2.75) is 43.8 Å². The number of hydrogen-bond donors (Lipinski definition) is 0. The molecule has 1 aliphatic heterocycles. The van der Waals surface area contributed by atoms with Crippen LogP contribution < -0.4 is 0 Å². The second-order valence-electron chi connectivity index (χ2n) is 4.60. The molecule has 2 heteroatoms. The van der Waals surface area contributed by atoms with Crippen LogP contribution in [0.15, 0.2) is 0 Å². The fraction of sp³-hybridized carbons (Fsp3) is 1.00. The molecule has 0 aromatic rings. The Morgan fingerprint density at radius 3 is 2.58 bits per heavy atom. The first-order chi connectivity index (χ1) is 5.86. The Morgan fingerprint density at radius 2 is 2.08 bits per heavy atom. The summed E-state index contributed by atoms with van der Waals surface area (Å²) in [4.78, 5) is 0. The molecule has 0 amide bonds. The molecule has 2 saturated carbocycles. The van der Waals surface area contributed by atoms with Crippen LogP contribution >= 0.6 is 0 Å². The second-order valence-corrected chi connectivity index (χ2v) is 4.60. The van der Waals surface area contributed by atoms with Crippen molar-refractivity contribution >= 4 is 0 Å². The third-order valence-corrected chi connectivity index (χ3v) is 3.65. The van der Waals surface area contributed by atoms with Crippen molar-refractivity contribution < 1.29 is 9.47 Å². The fourth-order valence-electron chi connectivity index (χ4n) is 2.78. The van der Waals surface area contributed by atoms with Crippen LogP contribution in [0.3, 0.4) is 0 Å². The molecular weight excluding hydrogens is 152 g/mol. The maximum absolute atomic E-state index is 5.98. The molecule has 0 aromatic heterocycles. The van der Waals surface area contributed by atoms with E-state index in [1.807, 2.05) is 0 Å². The molecule has 2 nitrogen and oxygen atoms in total. The number of epoxide rings is 1. The highest BCUT2D eigenvalue weighted by Gasteiger charge is 2.46. The molecule has 0 N–H and O–H groups in total. The van der Waals surface area contributed by atoms with E-state index < -0.39 is 0 Å². The van der Waals surface area contributed by atoms with E-state index in [-0.39, 0.29) is 0 Å². The van der Waals surface area contributed by atoms with Gasteiger partial charge in [0.15, 0.2) is 0 Å². The molecule has 1 atom stereocenters. The lowest BCUT2D eigenvalue weighted by Gasteiger charge is -2.26. The van der Waals surface area contributed by atoms with E-state index in [9.17, 15) is 0 Å². The lowest BCUT2D eigenvalue weighted by Crippen LogP contribution is -2.28. The molecule has 68 valence electrons. The van der Waals surface area contributed by atoms with Crippen molar-refractivity contribution in [3.63, 3.8) is 0 Å². The molecule has 1 heterocycles. The van der Waals surface area contributed by atoms with E-state index in [0.717, 1.165) is 19.1 Å². The van der Waals surface area contributed by atoms with Crippen LogP contribution in [0.1, 0.15) is 32.1 Å². The predicted octanol–water partition coefficient (Wildman–Crippen LogP) is 1.73. The lowest BCUT2D eigenvalue weighted by atomic mass is 9.97. The Balaban J connectivity index is 1.58. The van der Waals surface area contributed by atoms with Gasteiger partial charge >= 0.3 is 0 Å². The molecule has 0 spiro atoms. The number of hydrogen-bond acceptors (Lipinski definition) is 2. The average molecular weight is 168 g/mol. The van der Waals surface area contributed by atoms with E-state index in [2.05, 4.69) is 0 Å². The summed E-state index contributed by atoms with van der Waals surface area (Å²) in [6.07, 6.45) is 7.21. The Bertz CT molecular complexity index is 178. The quantitative estimate of drug-likeness (QED) is 0.599. The van der Waals surface area contributed by atoms with Gasteiger partial charge in [-0.05, 0) is 38.0 Å². The summed E-state index contributed by atoms with van der Waals surface area (Å²) < 4.78 is 11.1. The zero-order chi connectivity index (χ0) is 8.02. The van der Waals surface area contributed by atoms with Gasteiger partial charge in [0.05, 0.1) is 18.8 Å². The Labute approximate surface area is 73.2 Å². The molecule has 2 aliphatic carbocycles. The van der Waals surface area contributed by atoms with Crippen LogP contribution in [-0.2, 0) is 9.47 Å². The summed E-state index contributed by atoms with van der Waals surface area (Å²) in [5.74, 6) is 0.991. The summed E-state index contributed by atoms with van der Waals surface area (Å²) in [7, 11) is 0. The molecule has 1 saturated heterocycles. The number of fused-ring (bicyclic) bond motifs is 2. The highest BCUT2D eigenvalue weighted by atomic mass is 16.6. The highest BCUT2D eigenvalue weighted by molar-refractivity contribution is 4.98. The summed E-state index contributed by atoms with van der Waals surface area (Å²) in [6.45, 7) is 1.78. The second kappa shape index (κ2) is 2.46. The Morgan fingerprint density at radius 1 is 1.33 bits per heavy atom. The molecule has 0 radical (unpaired) electrons. The smallest absolute Gasteiger partial charge is 0.104 e. The van der Waals surface area contributed by atoms with E-state index in [4.69, 9.17) is 9.47 Å². The highest BCUT2D eigenvalue weighted by Crippen LogP contribution is 2.50. The first kappa shape index (κ1) is 7.34. The van der Waals surface area contributed by atoms with Crippen molar-refractivity contribution in [2.24, 2.45) is 5.92 Å². The zero-order valence-electron chi connectivity index (χ0n) is 7.42. The van der Waals surface area contributed by atoms with Gasteiger partial charge in [0.2, 0.25) is 0 Å². The number of ether oxygens (including phenoxy) is 2. The van der Waals surface area contributed by atoms with Crippen molar-refractivity contribution in [3.8, 4) is 0 Å². The first-order valence-corrected chi connectivity index (χ1v) is 5.12. The summed E-state index contributed by atoms with van der Waals surface area (Å²) in [6, 6.07) is 0. The average Bonchev–Trinajstić information content (AvgIpc) is 2.74. The third kappa shape index (κ3) is 1.17. The standard InChI is InChI=1S/C10H16O2/c1-3-10(4-2-8(1)5-10)12-7-9-6-11-9/h8-9H,1-7H2. The van der Waals surface area contributed by atoms with E-state index in [1.165, 1.54) is 32.1 Å². The van der Waals surface area contributed by atoms with E-state index in [0.29, 0.717) is 11.7 Å². The van der Waals surface area contributed by atoms with E-state index in [1.54, 1.807) is 0 Å². The van der Waals surface area contributed by atoms with Crippen LogP contribution in [0.4, 0.5) is 0 Å². The van der Waals surface area contributed by atoms with Crippen molar-refractivity contribution in [1.82, 2.24) is 0 Å². The van der Waals surface area contributed by atoms with Gasteiger partial charge in [-0.15, -0.1) is 0 Å². The van der Waals surface area contributed by atoms with Crippen LogP contribution in [0.25, 0.3) is 0 Å². The van der Waals surface area contributed by atoms with Crippen molar-refractivity contribution in [3.05, 3.63) is 0 Å². The largest absolute Gasteiger partial charge is 0.372 e. The third-order valence-electron chi connectivity index (χ3n) is 3.65. The minimum absolute atomic E-state index is 0.302. The molecular formula is C10H16O2. The molecule has 3 aliphatic rings. The van der Waals surface area contributed by atoms with E-state index >= 15 is 0 Å². The Kier molecular flexibility index (Phi) is 1.50. The van der Waals surface area contributed by atoms with Gasteiger partial charge in [-0.3, -0.25) is 0 Å². The summed E-state index contributed by atoms with van der Waals surface area (Å²) >= 11 is 0. The van der Waals surface area contributed by atoms with Crippen LogP contribution in [-0.4, -0.2) is 24.9 Å². The van der Waals surface area contributed by atoms with Gasteiger partial charge in [0.1, 0.15) is 6.10 Å². The zero-order valence-corrected chi connectivity index (χ0v) is 7.42. The van der Waals surface area contributed by atoms with Crippen LogP contribution in [0, 0.1) is 5.92 Å². The molecule has 12 heavy (non-hydrogen) atoms. The van der Waals surface area contributed by atoms with Crippen molar-refractivity contribution in [1.29, 1.82) is 0 Å². The van der Waals surface area contributed by atoms with Crippen molar-refractivity contribution in [2.75, 3.05) is 13.2 Å². The van der Waals surface area contributed by atoms with Gasteiger partial charge in [0, 0.05) is 0 Å². The molecule has 2 bridgehead atoms. The Hall–Kier alpha value is -0.0800. The van der Waals surface area contributed by atoms with Gasteiger partial charge in [-0.25, -0.2) is 0 Å². The van der Waals surface area contributed by atoms with Gasteiger partial charge < -0.3 is 9.47 Å². The molecule has 3 rings (SSSR count). The number of rotatable bonds is 3. The normalized spacial score (nSPS) is 50.0. The molecule has 0 aromatic carbocycles. The first-order valence-electron chi connectivity index (χ1n) is 5.12. The minimum Gasteiger partial charge on any atom is -0.372 e. The summed E-state index contributed by atoms with van der Waals surface area (Å²) in [5, 5.41) is 0. The maximum atomic E-state index is 5.98. The molecule has 1 unspecified atom stereocenters. The topological polar surface area (TPSA) is 21.8 Å². The molecule has 3 fully saturated rings. The van der Waals surface area contributed by atoms with Gasteiger partial charge in [-0.2, -0.15) is 0 Å². The lowest BCUT2D eigenvalue weighted by molar-refractivity contribution is -0.0431. The van der Waals surface area contributed by atoms with Gasteiger partial charge in [-0.1, -0.05) is 0 Å². The van der Waals surface area contributed by atoms with Crippen LogP contribution in [0.2, 0.25) is 0 Å². The SMILES string of the molecule is C1CC2(OCC3CO3)CCC1C2. The summed E-state index contributed by atoms with van der Waals surface area (Å²) in [5.41, 5.74) is 0.302. The fourth-order valence-corrected chi connectivity index (χ4v) is 2.78.